The summed E-state index contributed by atoms with van der Waals surface area (Å²) < 4.78 is 5.00. The first-order chi connectivity index (χ1) is 5.76. The molecule has 0 fully saturated rings. The molecule has 0 saturated carbocycles. The molecule has 3 nitrogen and oxygen atoms in total. The lowest BCUT2D eigenvalue weighted by molar-refractivity contribution is 0.414. The molecule has 12 heavy (non-hydrogen) atoms. The maximum Gasteiger partial charge on any atom is 0.239 e. The van der Waals surface area contributed by atoms with Crippen molar-refractivity contribution in [3.8, 4) is 5.75 Å². The minimum absolute atomic E-state index is 0.349. The molecule has 62 valence electrons. The summed E-state index contributed by atoms with van der Waals surface area (Å²) in [5, 5.41) is 0. The second-order valence-corrected chi connectivity index (χ2v) is 2.43. The number of hydrogen-bond donors (Lipinski definition) is 1. The number of benzene rings is 1. The van der Waals surface area contributed by atoms with Crippen LogP contribution in [0.15, 0.2) is 18.2 Å². The van der Waals surface area contributed by atoms with Gasteiger partial charge in [0.05, 0.1) is 7.11 Å². The van der Waals surface area contributed by atoms with Crippen molar-refractivity contribution in [2.45, 2.75) is 6.54 Å². The molecule has 0 aliphatic heterocycles. The van der Waals surface area contributed by atoms with Gasteiger partial charge in [0.25, 0.3) is 0 Å². The van der Waals surface area contributed by atoms with Gasteiger partial charge in [0, 0.05) is 17.3 Å². The van der Waals surface area contributed by atoms with Crippen LogP contribution in [-0.2, 0) is 6.54 Å². The topological polar surface area (TPSA) is 39.6 Å². The molecule has 1 rings (SSSR count). The quantitative estimate of drug-likeness (QED) is 0.531. The third-order valence-electron chi connectivity index (χ3n) is 1.49. The molecule has 0 saturated heterocycles. The molecule has 3 heteroatoms. The van der Waals surface area contributed by atoms with Crippen LogP contribution in [0.2, 0.25) is 0 Å². The lowest BCUT2D eigenvalue weighted by Crippen LogP contribution is -1.91. The van der Waals surface area contributed by atoms with Crippen LogP contribution in [0.3, 0.4) is 0 Å². The summed E-state index contributed by atoms with van der Waals surface area (Å²) in [6.07, 6.45) is 0. The summed E-state index contributed by atoms with van der Waals surface area (Å²) >= 11 is 0. The van der Waals surface area contributed by atoms with Crippen LogP contribution in [-0.4, -0.2) is 7.11 Å². The van der Waals surface area contributed by atoms with Crippen molar-refractivity contribution >= 4 is 5.69 Å². The van der Waals surface area contributed by atoms with E-state index in [-0.39, 0.29) is 0 Å². The summed E-state index contributed by atoms with van der Waals surface area (Å²) in [5.74, 6) is 0.702. The molecule has 2 N–H and O–H groups in total. The molecule has 0 bridgehead atoms. The zero-order chi connectivity index (χ0) is 8.97. The highest BCUT2D eigenvalue weighted by Gasteiger charge is 1.99. The van der Waals surface area contributed by atoms with E-state index >= 15 is 0 Å². The predicted octanol–water partition coefficient (Wildman–Crippen LogP) is 1.70. The van der Waals surface area contributed by atoms with E-state index in [1.807, 2.05) is 6.07 Å². The fourth-order valence-electron chi connectivity index (χ4n) is 0.986. The van der Waals surface area contributed by atoms with Gasteiger partial charge in [0.15, 0.2) is 0 Å². The molecule has 0 amide bonds. The minimum Gasteiger partial charge on any atom is -0.497 e. The van der Waals surface area contributed by atoms with Gasteiger partial charge in [-0.05, 0) is 12.1 Å². The van der Waals surface area contributed by atoms with Crippen molar-refractivity contribution in [2.75, 3.05) is 12.8 Å². The highest BCUT2D eigenvalue weighted by atomic mass is 16.5. The number of nitrogens with zero attached hydrogens (tertiary/aromatic N) is 1. The van der Waals surface area contributed by atoms with Crippen LogP contribution in [0, 0.1) is 6.57 Å². The Balaban J connectivity index is 2.99. The smallest absolute Gasteiger partial charge is 0.239 e. The van der Waals surface area contributed by atoms with Crippen LogP contribution in [0.5, 0.6) is 5.75 Å². The third kappa shape index (κ3) is 1.89. The van der Waals surface area contributed by atoms with E-state index in [1.165, 1.54) is 0 Å². The fraction of sp³-hybridized carbons (Fsp3) is 0.222. The molecule has 0 unspecified atom stereocenters. The van der Waals surface area contributed by atoms with Gasteiger partial charge >= 0.3 is 0 Å². The van der Waals surface area contributed by atoms with Crippen LogP contribution < -0.4 is 10.5 Å². The number of nitrogen functional groups attached to an aromatic ring is 1. The highest BCUT2D eigenvalue weighted by molar-refractivity contribution is 5.47. The second kappa shape index (κ2) is 3.63. The lowest BCUT2D eigenvalue weighted by atomic mass is 10.2. The van der Waals surface area contributed by atoms with Gasteiger partial charge in [-0.25, -0.2) is 6.57 Å². The normalized spacial score (nSPS) is 9.00. The Kier molecular flexibility index (Phi) is 2.54. The molecule has 1 aromatic rings. The van der Waals surface area contributed by atoms with E-state index < -0.39 is 0 Å². The maximum absolute atomic E-state index is 6.68. The molecule has 0 aliphatic rings. The largest absolute Gasteiger partial charge is 0.497 e. The molecule has 0 aromatic heterocycles. The third-order valence-corrected chi connectivity index (χ3v) is 1.49. The van der Waals surface area contributed by atoms with E-state index in [0.717, 1.165) is 5.56 Å². The van der Waals surface area contributed by atoms with Crippen molar-refractivity contribution in [3.63, 3.8) is 0 Å². The second-order valence-electron chi connectivity index (χ2n) is 2.43. The van der Waals surface area contributed by atoms with Crippen molar-refractivity contribution < 1.29 is 4.74 Å². The summed E-state index contributed by atoms with van der Waals surface area (Å²) in [4.78, 5) is 3.26. The van der Waals surface area contributed by atoms with Crippen molar-refractivity contribution in [1.29, 1.82) is 0 Å². The molecule has 0 aliphatic carbocycles. The van der Waals surface area contributed by atoms with E-state index in [4.69, 9.17) is 17.0 Å². The Morgan fingerprint density at radius 1 is 1.50 bits per heavy atom. The standard InChI is InChI=1S/C9H10N2O/c1-11-6-7-3-8(10)5-9(4-7)12-2/h3-5H,6,10H2,2H3. The van der Waals surface area contributed by atoms with Gasteiger partial charge in [-0.3, -0.25) is 0 Å². The molecule has 0 radical (unpaired) electrons. The number of rotatable bonds is 2. The summed E-state index contributed by atoms with van der Waals surface area (Å²) in [5.41, 5.74) is 7.11. The van der Waals surface area contributed by atoms with Crippen molar-refractivity contribution in [1.82, 2.24) is 0 Å². The Labute approximate surface area is 71.6 Å². The zero-order valence-electron chi connectivity index (χ0n) is 6.87. The number of anilines is 1. The van der Waals surface area contributed by atoms with Gasteiger partial charge in [0.2, 0.25) is 6.54 Å². The number of nitrogens with two attached hydrogens (primary N) is 1. The van der Waals surface area contributed by atoms with Crippen LogP contribution in [0.1, 0.15) is 5.56 Å². The molecular formula is C9H10N2O. The lowest BCUT2D eigenvalue weighted by Gasteiger charge is -2.01. The van der Waals surface area contributed by atoms with Crippen LogP contribution in [0.25, 0.3) is 4.85 Å². The van der Waals surface area contributed by atoms with Crippen LogP contribution in [0.4, 0.5) is 5.69 Å². The molecule has 0 spiro atoms. The van der Waals surface area contributed by atoms with Crippen molar-refractivity contribution in [3.05, 3.63) is 35.2 Å². The molecule has 0 heterocycles. The number of hydrogen-bond acceptors (Lipinski definition) is 2. The van der Waals surface area contributed by atoms with Gasteiger partial charge in [-0.1, -0.05) is 0 Å². The number of ether oxygens (including phenoxy) is 1. The first-order valence-corrected chi connectivity index (χ1v) is 3.53. The average Bonchev–Trinajstić information content (AvgIpc) is 2.04. The SMILES string of the molecule is [C-]#[N+]Cc1cc(N)cc(OC)c1. The van der Waals surface area contributed by atoms with Gasteiger partial charge in [-0.2, -0.15) is 0 Å². The first-order valence-electron chi connectivity index (χ1n) is 3.53. The Morgan fingerprint density at radius 3 is 2.83 bits per heavy atom. The number of methoxy groups -OCH3 is 1. The van der Waals surface area contributed by atoms with E-state index in [2.05, 4.69) is 4.85 Å². The summed E-state index contributed by atoms with van der Waals surface area (Å²) in [6, 6.07) is 5.32. The first kappa shape index (κ1) is 8.41. The average molecular weight is 162 g/mol. The predicted molar refractivity (Wildman–Crippen MR) is 47.7 cm³/mol. The molecule has 0 atom stereocenters. The van der Waals surface area contributed by atoms with E-state index in [0.29, 0.717) is 18.0 Å². The molecular weight excluding hydrogens is 152 g/mol. The van der Waals surface area contributed by atoms with E-state index in [1.54, 1.807) is 19.2 Å². The van der Waals surface area contributed by atoms with Gasteiger partial charge < -0.3 is 15.3 Å². The monoisotopic (exact) mass is 162 g/mol. The highest BCUT2D eigenvalue weighted by Crippen LogP contribution is 2.18. The summed E-state index contributed by atoms with van der Waals surface area (Å²) in [6.45, 7) is 7.03. The van der Waals surface area contributed by atoms with Crippen molar-refractivity contribution in [2.24, 2.45) is 0 Å². The maximum atomic E-state index is 6.68. The Bertz CT molecular complexity index is 315. The fourth-order valence-corrected chi connectivity index (χ4v) is 0.986. The zero-order valence-corrected chi connectivity index (χ0v) is 6.87. The van der Waals surface area contributed by atoms with E-state index in [9.17, 15) is 0 Å². The van der Waals surface area contributed by atoms with Gasteiger partial charge in [0.1, 0.15) is 5.75 Å². The van der Waals surface area contributed by atoms with Crippen LogP contribution >= 0.6 is 0 Å². The van der Waals surface area contributed by atoms with Gasteiger partial charge in [-0.15, -0.1) is 0 Å². The Hall–Kier alpha value is -1.69. The Morgan fingerprint density at radius 2 is 2.25 bits per heavy atom. The molecule has 1 aromatic carbocycles. The summed E-state index contributed by atoms with van der Waals surface area (Å²) in [7, 11) is 1.58. The minimum atomic E-state index is 0.349.